The van der Waals surface area contributed by atoms with E-state index in [9.17, 15) is 22.4 Å². The summed E-state index contributed by atoms with van der Waals surface area (Å²) in [7, 11) is -3.99. The molecule has 0 saturated heterocycles. The Morgan fingerprint density at radius 2 is 1.62 bits per heavy atom. The predicted octanol–water partition coefficient (Wildman–Crippen LogP) is 5.56. The first kappa shape index (κ1) is 31.6. The summed E-state index contributed by atoms with van der Waals surface area (Å²) >= 11 is 9.33. The topological polar surface area (TPSA) is 86.8 Å². The number of halogens is 3. The van der Waals surface area contributed by atoms with E-state index in [1.807, 2.05) is 75.4 Å². The number of sulfonamides is 1. The van der Waals surface area contributed by atoms with Crippen LogP contribution in [0.3, 0.4) is 0 Å². The standard InChI is InChI=1S/C29H32BrClFN3O4S/c1-29(2,3)33-28(37)26(16-20-8-6-5-7-9-20)34(18-21-10-12-22(30)13-11-21)27(36)19-35(40(4,38)39)23-14-15-25(32)24(31)17-23/h5-15,17,26H,16,18-19H2,1-4H3,(H,33,37)/t26-/m0/s1. The summed E-state index contributed by atoms with van der Waals surface area (Å²) in [6, 6.07) is 19.0. The maximum atomic E-state index is 14.0. The Labute approximate surface area is 248 Å². The summed E-state index contributed by atoms with van der Waals surface area (Å²) in [5, 5.41) is 2.69. The zero-order valence-corrected chi connectivity index (χ0v) is 25.9. The molecule has 0 aliphatic carbocycles. The first-order valence-electron chi connectivity index (χ1n) is 12.5. The van der Waals surface area contributed by atoms with Crippen LogP contribution in [0.5, 0.6) is 0 Å². The number of carbonyl (C=O) groups is 2. The van der Waals surface area contributed by atoms with Crippen molar-refractivity contribution in [2.75, 3.05) is 17.1 Å². The molecule has 7 nitrogen and oxygen atoms in total. The number of benzene rings is 3. The molecule has 0 unspecified atom stereocenters. The predicted molar refractivity (Wildman–Crippen MR) is 160 cm³/mol. The number of rotatable bonds is 10. The van der Waals surface area contributed by atoms with Crippen LogP contribution in [0, 0.1) is 5.82 Å². The van der Waals surface area contributed by atoms with Crippen molar-refractivity contribution < 1.29 is 22.4 Å². The van der Waals surface area contributed by atoms with Crippen molar-refractivity contribution in [1.82, 2.24) is 10.2 Å². The normalized spacial score (nSPS) is 12.5. The van der Waals surface area contributed by atoms with Crippen LogP contribution >= 0.6 is 27.5 Å². The van der Waals surface area contributed by atoms with Crippen molar-refractivity contribution >= 4 is 55.1 Å². The summed E-state index contributed by atoms with van der Waals surface area (Å²) in [5.74, 6) is -1.71. The maximum Gasteiger partial charge on any atom is 0.244 e. The molecule has 1 N–H and O–H groups in total. The van der Waals surface area contributed by atoms with E-state index in [-0.39, 0.29) is 29.6 Å². The maximum absolute atomic E-state index is 14.0. The smallest absolute Gasteiger partial charge is 0.244 e. The SMILES string of the molecule is CC(C)(C)NC(=O)[C@H](Cc1ccccc1)N(Cc1ccc(Br)cc1)C(=O)CN(c1ccc(F)c(Cl)c1)S(C)(=O)=O. The summed E-state index contributed by atoms with van der Waals surface area (Å²) < 4.78 is 41.1. The van der Waals surface area contributed by atoms with E-state index < -0.39 is 39.9 Å². The highest BCUT2D eigenvalue weighted by atomic mass is 79.9. The van der Waals surface area contributed by atoms with Gasteiger partial charge in [-0.15, -0.1) is 0 Å². The average Bonchev–Trinajstić information content (AvgIpc) is 2.86. The fourth-order valence-corrected chi connectivity index (χ4v) is 5.33. The van der Waals surface area contributed by atoms with E-state index >= 15 is 0 Å². The van der Waals surface area contributed by atoms with Crippen molar-refractivity contribution in [3.63, 3.8) is 0 Å². The number of nitrogens with one attached hydrogen (secondary N) is 1. The highest BCUT2D eigenvalue weighted by Gasteiger charge is 2.34. The molecule has 1 atom stereocenters. The van der Waals surface area contributed by atoms with Gasteiger partial charge in [-0.3, -0.25) is 13.9 Å². The summed E-state index contributed by atoms with van der Waals surface area (Å²) in [6.07, 6.45) is 1.15. The van der Waals surface area contributed by atoms with E-state index in [1.165, 1.54) is 11.0 Å². The van der Waals surface area contributed by atoms with Gasteiger partial charge >= 0.3 is 0 Å². The lowest BCUT2D eigenvalue weighted by atomic mass is 10.0. The van der Waals surface area contributed by atoms with E-state index in [1.54, 1.807) is 0 Å². The quantitative estimate of drug-likeness (QED) is 0.311. The number of carbonyl (C=O) groups excluding carboxylic acids is 2. The lowest BCUT2D eigenvalue weighted by molar-refractivity contribution is -0.140. The first-order chi connectivity index (χ1) is 18.6. The lowest BCUT2D eigenvalue weighted by Gasteiger charge is -2.35. The van der Waals surface area contributed by atoms with Gasteiger partial charge in [0.05, 0.1) is 17.0 Å². The molecule has 0 spiro atoms. The monoisotopic (exact) mass is 651 g/mol. The van der Waals surface area contributed by atoms with Crippen LogP contribution in [0.4, 0.5) is 10.1 Å². The van der Waals surface area contributed by atoms with Crippen molar-refractivity contribution in [2.24, 2.45) is 0 Å². The molecule has 40 heavy (non-hydrogen) atoms. The third kappa shape index (κ3) is 9.04. The Morgan fingerprint density at radius 3 is 2.17 bits per heavy atom. The Hall–Kier alpha value is -2.95. The molecular formula is C29H32BrClFN3O4S. The third-order valence-corrected chi connectivity index (χ3v) is 7.86. The van der Waals surface area contributed by atoms with Gasteiger partial charge in [0.25, 0.3) is 0 Å². The molecule has 3 aromatic rings. The zero-order chi connectivity index (χ0) is 29.7. The Bertz CT molecular complexity index is 1450. The molecule has 3 aromatic carbocycles. The van der Waals surface area contributed by atoms with Crippen molar-refractivity contribution in [1.29, 1.82) is 0 Å². The fourth-order valence-electron chi connectivity index (χ4n) is 4.05. The van der Waals surface area contributed by atoms with Gasteiger partial charge in [0.2, 0.25) is 21.8 Å². The van der Waals surface area contributed by atoms with Gasteiger partial charge in [-0.05, 0) is 62.2 Å². The minimum atomic E-state index is -3.99. The summed E-state index contributed by atoms with van der Waals surface area (Å²) in [5.41, 5.74) is 1.02. The molecule has 3 rings (SSSR count). The second-order valence-corrected chi connectivity index (χ2v) is 13.7. The van der Waals surface area contributed by atoms with Gasteiger partial charge in [0, 0.05) is 23.0 Å². The molecule has 0 aliphatic rings. The van der Waals surface area contributed by atoms with Crippen molar-refractivity contribution in [2.45, 2.75) is 45.3 Å². The fraction of sp³-hybridized carbons (Fsp3) is 0.310. The lowest BCUT2D eigenvalue weighted by Crippen LogP contribution is -2.56. The van der Waals surface area contributed by atoms with Crippen LogP contribution in [0.15, 0.2) is 77.3 Å². The van der Waals surface area contributed by atoms with Crippen molar-refractivity contribution in [3.8, 4) is 0 Å². The number of hydrogen-bond acceptors (Lipinski definition) is 4. The van der Waals surface area contributed by atoms with Gasteiger partial charge in [-0.1, -0.05) is 70.0 Å². The molecular weight excluding hydrogens is 621 g/mol. The Kier molecular flexibility index (Phi) is 10.4. The zero-order valence-electron chi connectivity index (χ0n) is 22.7. The second kappa shape index (κ2) is 13.1. The molecule has 0 aliphatic heterocycles. The van der Waals surface area contributed by atoms with Gasteiger partial charge < -0.3 is 10.2 Å². The molecule has 0 bridgehead atoms. The van der Waals surface area contributed by atoms with Gasteiger partial charge in [-0.2, -0.15) is 0 Å². The van der Waals surface area contributed by atoms with Gasteiger partial charge in [0.1, 0.15) is 18.4 Å². The number of anilines is 1. The Morgan fingerprint density at radius 1 is 1.00 bits per heavy atom. The summed E-state index contributed by atoms with van der Waals surface area (Å²) in [4.78, 5) is 29.1. The first-order valence-corrected chi connectivity index (χ1v) is 15.5. The average molecular weight is 653 g/mol. The highest BCUT2D eigenvalue weighted by Crippen LogP contribution is 2.25. The number of amides is 2. The minimum absolute atomic E-state index is 0.0320. The van der Waals surface area contributed by atoms with Crippen LogP contribution in [0.25, 0.3) is 0 Å². The van der Waals surface area contributed by atoms with Crippen LogP contribution in [0.2, 0.25) is 5.02 Å². The van der Waals surface area contributed by atoms with Crippen LogP contribution in [0.1, 0.15) is 31.9 Å². The van der Waals surface area contributed by atoms with Gasteiger partial charge in [0.15, 0.2) is 0 Å². The summed E-state index contributed by atoms with van der Waals surface area (Å²) in [6.45, 7) is 4.95. The highest BCUT2D eigenvalue weighted by molar-refractivity contribution is 9.10. The molecule has 0 aromatic heterocycles. The van der Waals surface area contributed by atoms with Crippen molar-refractivity contribution in [3.05, 3.63) is 99.2 Å². The van der Waals surface area contributed by atoms with E-state index in [2.05, 4.69) is 21.2 Å². The molecule has 11 heteroatoms. The molecule has 0 fully saturated rings. The molecule has 0 radical (unpaired) electrons. The van der Waals surface area contributed by atoms with Crippen LogP contribution in [-0.4, -0.2) is 49.5 Å². The van der Waals surface area contributed by atoms with Crippen LogP contribution in [-0.2, 0) is 32.6 Å². The third-order valence-electron chi connectivity index (χ3n) is 5.91. The van der Waals surface area contributed by atoms with E-state index in [4.69, 9.17) is 11.6 Å². The minimum Gasteiger partial charge on any atom is -0.350 e. The van der Waals surface area contributed by atoms with E-state index in [0.717, 1.165) is 38.3 Å². The number of nitrogens with zero attached hydrogens (tertiary/aromatic N) is 2. The van der Waals surface area contributed by atoms with Crippen LogP contribution < -0.4 is 9.62 Å². The second-order valence-electron chi connectivity index (χ2n) is 10.5. The molecule has 0 heterocycles. The molecule has 0 saturated carbocycles. The van der Waals surface area contributed by atoms with E-state index in [0.29, 0.717) is 0 Å². The Balaban J connectivity index is 2.08. The number of hydrogen-bond donors (Lipinski definition) is 1. The molecule has 2 amide bonds. The largest absolute Gasteiger partial charge is 0.350 e. The van der Waals surface area contributed by atoms with Gasteiger partial charge in [-0.25, -0.2) is 12.8 Å². The molecule has 214 valence electrons.